The predicted octanol–water partition coefficient (Wildman–Crippen LogP) is 5.75. The highest BCUT2D eigenvalue weighted by Crippen LogP contribution is 2.25. The first-order valence-electron chi connectivity index (χ1n) is 8.14. The zero-order valence-electron chi connectivity index (χ0n) is 14.5. The van der Waals surface area contributed by atoms with Crippen LogP contribution in [0.2, 0.25) is 5.02 Å². The lowest BCUT2D eigenvalue weighted by Gasteiger charge is -2.21. The molecule has 2 N–H and O–H groups in total. The Morgan fingerprint density at radius 2 is 1.56 bits per heavy atom. The SMILES string of the molecule is CC(C)(C)Nc1nc(Nc2ccc(Cl)cc2)cc(-c2ccccc2)n1. The topological polar surface area (TPSA) is 49.8 Å². The summed E-state index contributed by atoms with van der Waals surface area (Å²) in [5.74, 6) is 1.31. The van der Waals surface area contributed by atoms with E-state index in [9.17, 15) is 0 Å². The number of anilines is 3. The molecule has 0 bridgehead atoms. The zero-order valence-corrected chi connectivity index (χ0v) is 15.3. The van der Waals surface area contributed by atoms with Crippen LogP contribution in [0.4, 0.5) is 17.5 Å². The molecule has 5 heteroatoms. The van der Waals surface area contributed by atoms with Crippen molar-refractivity contribution < 1.29 is 0 Å². The van der Waals surface area contributed by atoms with Gasteiger partial charge in [-0.25, -0.2) is 4.98 Å². The van der Waals surface area contributed by atoms with E-state index in [1.165, 1.54) is 0 Å². The summed E-state index contributed by atoms with van der Waals surface area (Å²) in [4.78, 5) is 9.26. The van der Waals surface area contributed by atoms with E-state index in [0.717, 1.165) is 22.8 Å². The summed E-state index contributed by atoms with van der Waals surface area (Å²) < 4.78 is 0. The van der Waals surface area contributed by atoms with Crippen LogP contribution >= 0.6 is 11.6 Å². The smallest absolute Gasteiger partial charge is 0.225 e. The molecule has 2 aromatic carbocycles. The van der Waals surface area contributed by atoms with Crippen LogP contribution in [0.5, 0.6) is 0 Å². The van der Waals surface area contributed by atoms with Gasteiger partial charge >= 0.3 is 0 Å². The number of aromatic nitrogens is 2. The Kier molecular flexibility index (Phi) is 4.91. The van der Waals surface area contributed by atoms with Gasteiger partial charge in [0.2, 0.25) is 5.95 Å². The van der Waals surface area contributed by atoms with Crippen LogP contribution in [0.3, 0.4) is 0 Å². The molecule has 0 radical (unpaired) electrons. The fourth-order valence-corrected chi connectivity index (χ4v) is 2.47. The van der Waals surface area contributed by atoms with Gasteiger partial charge in [-0.3, -0.25) is 0 Å². The Morgan fingerprint density at radius 3 is 2.20 bits per heavy atom. The largest absolute Gasteiger partial charge is 0.350 e. The van der Waals surface area contributed by atoms with Gasteiger partial charge in [0, 0.05) is 27.9 Å². The van der Waals surface area contributed by atoms with Crippen molar-refractivity contribution in [3.05, 3.63) is 65.7 Å². The Balaban J connectivity index is 1.98. The number of halogens is 1. The second-order valence-electron chi connectivity index (χ2n) is 6.83. The van der Waals surface area contributed by atoms with Gasteiger partial charge in [0.25, 0.3) is 0 Å². The van der Waals surface area contributed by atoms with Crippen molar-refractivity contribution >= 4 is 29.1 Å². The summed E-state index contributed by atoms with van der Waals surface area (Å²) in [6, 6.07) is 19.5. The lowest BCUT2D eigenvalue weighted by atomic mass is 10.1. The highest BCUT2D eigenvalue weighted by Gasteiger charge is 2.14. The molecule has 1 heterocycles. The van der Waals surface area contributed by atoms with E-state index in [1.807, 2.05) is 60.7 Å². The summed E-state index contributed by atoms with van der Waals surface area (Å²) in [6.07, 6.45) is 0. The van der Waals surface area contributed by atoms with Crippen molar-refractivity contribution in [2.45, 2.75) is 26.3 Å². The molecule has 0 unspecified atom stereocenters. The monoisotopic (exact) mass is 352 g/mol. The lowest BCUT2D eigenvalue weighted by molar-refractivity contribution is 0.626. The standard InChI is InChI=1S/C20H21ClN4/c1-20(2,3)25-19-23-17(14-7-5-4-6-8-14)13-18(24-19)22-16-11-9-15(21)10-12-16/h4-13H,1-3H3,(H2,22,23,24,25). The zero-order chi connectivity index (χ0) is 17.9. The van der Waals surface area contributed by atoms with Crippen LogP contribution in [-0.4, -0.2) is 15.5 Å². The van der Waals surface area contributed by atoms with Crippen molar-refractivity contribution in [2.24, 2.45) is 0 Å². The Labute approximate surface area is 153 Å². The first-order chi connectivity index (χ1) is 11.9. The third-order valence-corrected chi connectivity index (χ3v) is 3.65. The first-order valence-corrected chi connectivity index (χ1v) is 8.52. The quantitative estimate of drug-likeness (QED) is 0.627. The molecule has 3 rings (SSSR count). The summed E-state index contributed by atoms with van der Waals surface area (Å²) in [5, 5.41) is 7.36. The Hall–Kier alpha value is -2.59. The van der Waals surface area contributed by atoms with E-state index in [1.54, 1.807) is 0 Å². The summed E-state index contributed by atoms with van der Waals surface area (Å²) >= 11 is 5.95. The van der Waals surface area contributed by atoms with E-state index in [2.05, 4.69) is 41.4 Å². The van der Waals surface area contributed by atoms with Crippen molar-refractivity contribution in [2.75, 3.05) is 10.6 Å². The molecular weight excluding hydrogens is 332 g/mol. The van der Waals surface area contributed by atoms with Crippen LogP contribution in [0.25, 0.3) is 11.3 Å². The molecule has 4 nitrogen and oxygen atoms in total. The van der Waals surface area contributed by atoms with Crippen LogP contribution in [0, 0.1) is 0 Å². The van der Waals surface area contributed by atoms with Crippen LogP contribution < -0.4 is 10.6 Å². The van der Waals surface area contributed by atoms with Gasteiger partial charge < -0.3 is 10.6 Å². The second kappa shape index (κ2) is 7.11. The predicted molar refractivity (Wildman–Crippen MR) is 106 cm³/mol. The minimum atomic E-state index is -0.132. The van der Waals surface area contributed by atoms with Crippen LogP contribution in [0.15, 0.2) is 60.7 Å². The number of hydrogen-bond acceptors (Lipinski definition) is 4. The fraction of sp³-hybridized carbons (Fsp3) is 0.200. The minimum Gasteiger partial charge on any atom is -0.350 e. The second-order valence-corrected chi connectivity index (χ2v) is 7.27. The van der Waals surface area contributed by atoms with Crippen molar-refractivity contribution in [1.29, 1.82) is 0 Å². The fourth-order valence-electron chi connectivity index (χ4n) is 2.34. The molecule has 128 valence electrons. The minimum absolute atomic E-state index is 0.132. The molecule has 0 saturated heterocycles. The average Bonchev–Trinajstić information content (AvgIpc) is 2.56. The maximum Gasteiger partial charge on any atom is 0.225 e. The maximum absolute atomic E-state index is 5.95. The third-order valence-electron chi connectivity index (χ3n) is 3.40. The summed E-state index contributed by atoms with van der Waals surface area (Å²) in [6.45, 7) is 6.24. The van der Waals surface area contributed by atoms with Crippen molar-refractivity contribution in [1.82, 2.24) is 9.97 Å². The van der Waals surface area contributed by atoms with Gasteiger partial charge in [0.05, 0.1) is 5.69 Å². The molecule has 0 aliphatic carbocycles. The van der Waals surface area contributed by atoms with Crippen molar-refractivity contribution in [3.8, 4) is 11.3 Å². The number of nitrogens with zero attached hydrogens (tertiary/aromatic N) is 2. The Bertz CT molecular complexity index is 840. The molecule has 0 spiro atoms. The van der Waals surface area contributed by atoms with Gasteiger partial charge in [-0.1, -0.05) is 41.9 Å². The molecular formula is C20H21ClN4. The van der Waals surface area contributed by atoms with E-state index in [-0.39, 0.29) is 5.54 Å². The number of benzene rings is 2. The molecule has 0 saturated carbocycles. The van der Waals surface area contributed by atoms with Gasteiger partial charge in [-0.15, -0.1) is 0 Å². The average molecular weight is 353 g/mol. The van der Waals surface area contributed by atoms with Crippen LogP contribution in [-0.2, 0) is 0 Å². The van der Waals surface area contributed by atoms with Crippen LogP contribution in [0.1, 0.15) is 20.8 Å². The number of rotatable bonds is 4. The van der Waals surface area contributed by atoms with E-state index in [0.29, 0.717) is 11.0 Å². The molecule has 25 heavy (non-hydrogen) atoms. The maximum atomic E-state index is 5.95. The Morgan fingerprint density at radius 1 is 0.880 bits per heavy atom. The highest BCUT2D eigenvalue weighted by atomic mass is 35.5. The lowest BCUT2D eigenvalue weighted by Crippen LogP contribution is -2.27. The molecule has 0 fully saturated rings. The highest BCUT2D eigenvalue weighted by molar-refractivity contribution is 6.30. The number of hydrogen-bond donors (Lipinski definition) is 2. The van der Waals surface area contributed by atoms with E-state index >= 15 is 0 Å². The molecule has 0 aliphatic heterocycles. The summed E-state index contributed by atoms with van der Waals surface area (Å²) in [7, 11) is 0. The van der Waals surface area contributed by atoms with Gasteiger partial charge in [0.15, 0.2) is 0 Å². The van der Waals surface area contributed by atoms with Crippen molar-refractivity contribution in [3.63, 3.8) is 0 Å². The molecule has 1 aromatic heterocycles. The van der Waals surface area contributed by atoms with Gasteiger partial charge in [-0.05, 0) is 45.0 Å². The third kappa shape index (κ3) is 4.94. The molecule has 3 aromatic rings. The first kappa shape index (κ1) is 17.2. The summed E-state index contributed by atoms with van der Waals surface area (Å²) in [5.41, 5.74) is 2.69. The van der Waals surface area contributed by atoms with E-state index < -0.39 is 0 Å². The molecule has 0 atom stereocenters. The molecule has 0 aliphatic rings. The molecule has 0 amide bonds. The number of nitrogens with one attached hydrogen (secondary N) is 2. The van der Waals surface area contributed by atoms with E-state index in [4.69, 9.17) is 11.6 Å². The van der Waals surface area contributed by atoms with Gasteiger partial charge in [0.1, 0.15) is 5.82 Å². The van der Waals surface area contributed by atoms with Gasteiger partial charge in [-0.2, -0.15) is 4.98 Å². The normalized spacial score (nSPS) is 11.2.